The molecule has 2 amide bonds. The standard InChI is InChI=1S/C22H32F2N4O3/c1-13(19(3,4)5)31-18(30)27-17-25-12-15-16(26-17)21(8-10-22(23,24)11-9-21)20(6,7)28(15)14(2)29/h12-13H,8-11H2,1-7H3,(H,25,26,27,30). The van der Waals surface area contributed by atoms with Crippen molar-refractivity contribution in [1.82, 2.24) is 9.97 Å². The molecule has 9 heteroatoms. The molecule has 1 fully saturated rings. The Kier molecular flexibility index (Phi) is 5.56. The second-order valence-electron chi connectivity index (χ2n) is 10.3. The average molecular weight is 439 g/mol. The largest absolute Gasteiger partial charge is 0.446 e. The van der Waals surface area contributed by atoms with E-state index in [0.29, 0.717) is 11.4 Å². The number of ether oxygens (including phenoxy) is 1. The van der Waals surface area contributed by atoms with Crippen molar-refractivity contribution in [1.29, 1.82) is 0 Å². The molecule has 3 rings (SSSR count). The van der Waals surface area contributed by atoms with Crippen LogP contribution in [0.2, 0.25) is 0 Å². The number of fused-ring (bicyclic) bond motifs is 2. The first-order chi connectivity index (χ1) is 14.1. The van der Waals surface area contributed by atoms with E-state index in [4.69, 9.17) is 4.74 Å². The molecule has 1 aromatic rings. The fourth-order valence-corrected chi connectivity index (χ4v) is 4.67. The summed E-state index contributed by atoms with van der Waals surface area (Å²) in [4.78, 5) is 35.2. The van der Waals surface area contributed by atoms with Crippen LogP contribution < -0.4 is 10.2 Å². The molecule has 2 aliphatic rings. The molecule has 0 radical (unpaired) electrons. The van der Waals surface area contributed by atoms with Crippen LogP contribution in [-0.4, -0.2) is 39.5 Å². The minimum atomic E-state index is -2.73. The fraction of sp³-hybridized carbons (Fsp3) is 0.727. The van der Waals surface area contributed by atoms with E-state index in [-0.39, 0.29) is 49.1 Å². The van der Waals surface area contributed by atoms with Crippen LogP contribution in [0.3, 0.4) is 0 Å². The molecule has 1 saturated carbocycles. The Bertz CT molecular complexity index is 885. The highest BCUT2D eigenvalue weighted by molar-refractivity contribution is 5.96. The summed E-state index contributed by atoms with van der Waals surface area (Å²) < 4.78 is 33.4. The van der Waals surface area contributed by atoms with E-state index in [0.717, 1.165) is 0 Å². The lowest BCUT2D eigenvalue weighted by atomic mass is 9.62. The Hall–Kier alpha value is -2.32. The Balaban J connectivity index is 1.96. The van der Waals surface area contributed by atoms with E-state index in [1.807, 2.05) is 34.6 Å². The maximum absolute atomic E-state index is 14.0. The van der Waals surface area contributed by atoms with E-state index in [1.165, 1.54) is 13.1 Å². The first kappa shape index (κ1) is 23.3. The SMILES string of the molecule is CC(=O)N1c2cnc(NC(=O)OC(C)C(C)(C)C)nc2C2(CCC(F)(F)CC2)C1(C)C. The molecule has 7 nitrogen and oxygen atoms in total. The van der Waals surface area contributed by atoms with Gasteiger partial charge < -0.3 is 9.64 Å². The highest BCUT2D eigenvalue weighted by Crippen LogP contribution is 2.59. The third-order valence-corrected chi connectivity index (χ3v) is 7.06. The smallest absolute Gasteiger partial charge is 0.414 e. The molecule has 1 aromatic heterocycles. The number of nitrogens with one attached hydrogen (secondary N) is 1. The summed E-state index contributed by atoms with van der Waals surface area (Å²) in [5, 5.41) is 2.55. The molecule has 1 unspecified atom stereocenters. The van der Waals surface area contributed by atoms with Crippen LogP contribution in [-0.2, 0) is 14.9 Å². The van der Waals surface area contributed by atoms with E-state index < -0.39 is 23.0 Å². The Morgan fingerprint density at radius 2 is 1.77 bits per heavy atom. The Labute approximate surface area is 182 Å². The molecule has 1 aliphatic carbocycles. The highest BCUT2D eigenvalue weighted by atomic mass is 19.3. The summed E-state index contributed by atoms with van der Waals surface area (Å²) in [5.41, 5.74) is -0.717. The summed E-state index contributed by atoms with van der Waals surface area (Å²) in [7, 11) is 0. The number of hydrogen-bond acceptors (Lipinski definition) is 5. The first-order valence-corrected chi connectivity index (χ1v) is 10.6. The van der Waals surface area contributed by atoms with Gasteiger partial charge in [0, 0.05) is 25.2 Å². The maximum Gasteiger partial charge on any atom is 0.414 e. The van der Waals surface area contributed by atoms with E-state index in [9.17, 15) is 18.4 Å². The summed E-state index contributed by atoms with van der Waals surface area (Å²) in [6.45, 7) is 12.9. The van der Waals surface area contributed by atoms with Gasteiger partial charge in [-0.15, -0.1) is 0 Å². The van der Waals surface area contributed by atoms with Gasteiger partial charge in [-0.1, -0.05) is 20.8 Å². The molecular formula is C22H32F2N4O3. The number of nitrogens with zero attached hydrogens (tertiary/aromatic N) is 3. The Morgan fingerprint density at radius 3 is 2.29 bits per heavy atom. The summed E-state index contributed by atoms with van der Waals surface area (Å²) in [6, 6.07) is 0. The van der Waals surface area contributed by atoms with Gasteiger partial charge in [-0.05, 0) is 39.0 Å². The number of amides is 2. The molecule has 1 atom stereocenters. The molecule has 172 valence electrons. The van der Waals surface area contributed by atoms with Crippen LogP contribution in [0.25, 0.3) is 0 Å². The number of anilines is 2. The van der Waals surface area contributed by atoms with Gasteiger partial charge in [0.15, 0.2) is 0 Å². The number of halogens is 2. The second kappa shape index (κ2) is 7.38. The van der Waals surface area contributed by atoms with E-state index >= 15 is 0 Å². The van der Waals surface area contributed by atoms with Crippen LogP contribution in [0.4, 0.5) is 25.2 Å². The Morgan fingerprint density at radius 1 is 1.19 bits per heavy atom. The van der Waals surface area contributed by atoms with Crippen molar-refractivity contribution in [3.63, 3.8) is 0 Å². The van der Waals surface area contributed by atoms with Crippen molar-refractivity contribution in [2.24, 2.45) is 5.41 Å². The average Bonchev–Trinajstić information content (AvgIpc) is 2.80. The van der Waals surface area contributed by atoms with Crippen LogP contribution in [0.1, 0.15) is 79.8 Å². The van der Waals surface area contributed by atoms with Crippen molar-refractivity contribution in [2.75, 3.05) is 10.2 Å². The zero-order valence-corrected chi connectivity index (χ0v) is 19.3. The predicted octanol–water partition coefficient (Wildman–Crippen LogP) is 5.05. The third kappa shape index (κ3) is 3.99. The van der Waals surface area contributed by atoms with Gasteiger partial charge in [-0.25, -0.2) is 23.5 Å². The summed E-state index contributed by atoms with van der Waals surface area (Å²) in [5.74, 6) is -2.91. The van der Waals surface area contributed by atoms with Crippen molar-refractivity contribution >= 4 is 23.6 Å². The van der Waals surface area contributed by atoms with Crippen molar-refractivity contribution < 1.29 is 23.1 Å². The van der Waals surface area contributed by atoms with Crippen LogP contribution in [0.15, 0.2) is 6.20 Å². The van der Waals surface area contributed by atoms with E-state index in [2.05, 4.69) is 15.3 Å². The highest BCUT2D eigenvalue weighted by Gasteiger charge is 2.61. The predicted molar refractivity (Wildman–Crippen MR) is 113 cm³/mol. The van der Waals surface area contributed by atoms with E-state index in [1.54, 1.807) is 11.8 Å². The molecule has 2 heterocycles. The minimum absolute atomic E-state index is 0.0303. The first-order valence-electron chi connectivity index (χ1n) is 10.6. The number of carbonyl (C=O) groups is 2. The van der Waals surface area contributed by atoms with Gasteiger partial charge in [0.25, 0.3) is 0 Å². The zero-order chi connectivity index (χ0) is 23.4. The number of aromatic nitrogens is 2. The minimum Gasteiger partial charge on any atom is -0.446 e. The van der Waals surface area contributed by atoms with Gasteiger partial charge >= 0.3 is 6.09 Å². The summed E-state index contributed by atoms with van der Waals surface area (Å²) in [6.07, 6.45) is 0.264. The van der Waals surface area contributed by atoms with Crippen LogP contribution in [0, 0.1) is 5.41 Å². The van der Waals surface area contributed by atoms with Crippen molar-refractivity contribution in [3.8, 4) is 0 Å². The normalized spacial score (nSPS) is 22.0. The number of hydrogen-bond donors (Lipinski definition) is 1. The van der Waals surface area contributed by atoms with Gasteiger partial charge in [0.1, 0.15) is 6.10 Å². The lowest BCUT2D eigenvalue weighted by molar-refractivity contribution is -0.118. The molecule has 1 N–H and O–H groups in total. The second-order valence-corrected chi connectivity index (χ2v) is 10.3. The number of carbonyl (C=O) groups excluding carboxylic acids is 2. The van der Waals surface area contributed by atoms with Gasteiger partial charge in [-0.3, -0.25) is 10.1 Å². The van der Waals surface area contributed by atoms with Gasteiger partial charge in [-0.2, -0.15) is 0 Å². The maximum atomic E-state index is 14.0. The molecule has 0 aromatic carbocycles. The molecule has 0 saturated heterocycles. The lowest BCUT2D eigenvalue weighted by Crippen LogP contribution is -2.57. The molecular weight excluding hydrogens is 406 g/mol. The number of alkyl halides is 2. The zero-order valence-electron chi connectivity index (χ0n) is 19.3. The monoisotopic (exact) mass is 438 g/mol. The third-order valence-electron chi connectivity index (χ3n) is 7.06. The molecule has 1 spiro atoms. The lowest BCUT2D eigenvalue weighted by Gasteiger charge is -2.48. The van der Waals surface area contributed by atoms with Crippen molar-refractivity contribution in [2.45, 2.75) is 97.1 Å². The molecule has 1 aliphatic heterocycles. The van der Waals surface area contributed by atoms with Gasteiger partial charge in [0.2, 0.25) is 17.8 Å². The van der Waals surface area contributed by atoms with Crippen LogP contribution >= 0.6 is 0 Å². The topological polar surface area (TPSA) is 84.4 Å². The van der Waals surface area contributed by atoms with Crippen molar-refractivity contribution in [3.05, 3.63) is 11.9 Å². The molecule has 0 bridgehead atoms. The summed E-state index contributed by atoms with van der Waals surface area (Å²) >= 11 is 0. The van der Waals surface area contributed by atoms with Crippen LogP contribution in [0.5, 0.6) is 0 Å². The quantitative estimate of drug-likeness (QED) is 0.698. The number of rotatable bonds is 2. The van der Waals surface area contributed by atoms with Gasteiger partial charge in [0.05, 0.1) is 23.1 Å². The molecule has 31 heavy (non-hydrogen) atoms. The fourth-order valence-electron chi connectivity index (χ4n) is 4.67.